The van der Waals surface area contributed by atoms with E-state index in [0.29, 0.717) is 16.7 Å². The molecule has 0 bridgehead atoms. The van der Waals surface area contributed by atoms with Gasteiger partial charge >= 0.3 is 5.69 Å². The van der Waals surface area contributed by atoms with Crippen molar-refractivity contribution < 1.29 is 20.1 Å². The standard InChI is InChI=1S/C19H14N2O6/c22-14-8-5-12(6-9-14)19(15-3-1-2-4-16(15)20(24)25)13-7-10-18(23)17(11-13)21(26)27/h1-11,19,22-23H. The highest BCUT2D eigenvalue weighted by atomic mass is 16.6. The molecule has 0 amide bonds. The second-order valence-electron chi connectivity index (χ2n) is 5.85. The van der Waals surface area contributed by atoms with Crippen LogP contribution in [0.4, 0.5) is 11.4 Å². The number of nitro groups is 2. The first-order chi connectivity index (χ1) is 12.9. The van der Waals surface area contributed by atoms with Crippen LogP contribution in [0.2, 0.25) is 0 Å². The van der Waals surface area contributed by atoms with Crippen LogP contribution >= 0.6 is 0 Å². The van der Waals surface area contributed by atoms with E-state index in [-0.39, 0.29) is 11.4 Å². The van der Waals surface area contributed by atoms with Gasteiger partial charge in [-0.25, -0.2) is 0 Å². The van der Waals surface area contributed by atoms with Crippen LogP contribution in [-0.2, 0) is 0 Å². The Balaban J connectivity index is 2.27. The number of hydrogen-bond donors (Lipinski definition) is 2. The lowest BCUT2D eigenvalue weighted by atomic mass is 9.84. The Morgan fingerprint density at radius 2 is 1.33 bits per heavy atom. The Bertz CT molecular complexity index is 1020. The molecule has 1 unspecified atom stereocenters. The van der Waals surface area contributed by atoms with Crippen LogP contribution in [0.3, 0.4) is 0 Å². The summed E-state index contributed by atoms with van der Waals surface area (Å²) in [4.78, 5) is 21.5. The molecule has 0 aromatic heterocycles. The maximum Gasteiger partial charge on any atom is 0.310 e. The van der Waals surface area contributed by atoms with Crippen LogP contribution in [0.15, 0.2) is 66.7 Å². The minimum atomic E-state index is -0.716. The summed E-state index contributed by atoms with van der Waals surface area (Å²) in [5, 5.41) is 42.0. The van der Waals surface area contributed by atoms with E-state index in [0.717, 1.165) is 0 Å². The molecule has 136 valence electrons. The molecular formula is C19H14N2O6. The molecule has 27 heavy (non-hydrogen) atoms. The van der Waals surface area contributed by atoms with Crippen LogP contribution in [0, 0.1) is 20.2 Å². The third kappa shape index (κ3) is 3.54. The van der Waals surface area contributed by atoms with Gasteiger partial charge in [0.25, 0.3) is 5.69 Å². The molecule has 0 saturated heterocycles. The Hall–Kier alpha value is -3.94. The number of rotatable bonds is 5. The minimum Gasteiger partial charge on any atom is -0.508 e. The third-order valence-corrected chi connectivity index (χ3v) is 4.20. The van der Waals surface area contributed by atoms with E-state index >= 15 is 0 Å². The number of para-hydroxylation sites is 1. The summed E-state index contributed by atoms with van der Waals surface area (Å²) in [6, 6.07) is 16.0. The minimum absolute atomic E-state index is 0.0248. The number of hydrogen-bond acceptors (Lipinski definition) is 6. The van der Waals surface area contributed by atoms with Gasteiger partial charge < -0.3 is 10.2 Å². The van der Waals surface area contributed by atoms with E-state index in [4.69, 9.17) is 0 Å². The maximum atomic E-state index is 11.5. The van der Waals surface area contributed by atoms with Crippen LogP contribution in [0.1, 0.15) is 22.6 Å². The predicted octanol–water partition coefficient (Wildman–Crippen LogP) is 4.09. The van der Waals surface area contributed by atoms with E-state index in [2.05, 4.69) is 0 Å². The molecular weight excluding hydrogens is 352 g/mol. The van der Waals surface area contributed by atoms with Crippen molar-refractivity contribution in [3.05, 3.63) is 104 Å². The number of nitro benzene ring substituents is 2. The zero-order chi connectivity index (χ0) is 19.6. The topological polar surface area (TPSA) is 127 Å². The molecule has 1 atom stereocenters. The van der Waals surface area contributed by atoms with Crippen molar-refractivity contribution in [1.29, 1.82) is 0 Å². The lowest BCUT2D eigenvalue weighted by Crippen LogP contribution is -2.07. The van der Waals surface area contributed by atoms with E-state index < -0.39 is 27.2 Å². The Kier molecular flexibility index (Phi) is 4.71. The van der Waals surface area contributed by atoms with Gasteiger partial charge in [0.1, 0.15) is 5.75 Å². The third-order valence-electron chi connectivity index (χ3n) is 4.20. The van der Waals surface area contributed by atoms with Gasteiger partial charge in [0, 0.05) is 23.6 Å². The van der Waals surface area contributed by atoms with Crippen LogP contribution < -0.4 is 0 Å². The van der Waals surface area contributed by atoms with E-state index in [1.807, 2.05) is 0 Å². The first kappa shape index (κ1) is 17.9. The average Bonchev–Trinajstić information content (AvgIpc) is 2.65. The number of nitrogens with zero attached hydrogens (tertiary/aromatic N) is 2. The Morgan fingerprint density at radius 3 is 1.96 bits per heavy atom. The molecule has 2 N–H and O–H groups in total. The molecule has 0 heterocycles. The largest absolute Gasteiger partial charge is 0.508 e. The number of phenols is 2. The highest BCUT2D eigenvalue weighted by Crippen LogP contribution is 2.40. The van der Waals surface area contributed by atoms with E-state index in [1.54, 1.807) is 24.3 Å². The molecule has 0 fully saturated rings. The summed E-state index contributed by atoms with van der Waals surface area (Å²) in [5.74, 6) is -1.17. The van der Waals surface area contributed by atoms with Crippen LogP contribution in [-0.4, -0.2) is 20.1 Å². The van der Waals surface area contributed by atoms with Gasteiger partial charge in [0.15, 0.2) is 5.75 Å². The quantitative estimate of drug-likeness (QED) is 0.398. The average molecular weight is 366 g/mol. The molecule has 0 saturated carbocycles. The molecule has 8 heteroatoms. The van der Waals surface area contributed by atoms with Gasteiger partial charge in [0.2, 0.25) is 0 Å². The van der Waals surface area contributed by atoms with Gasteiger partial charge in [-0.1, -0.05) is 36.4 Å². The van der Waals surface area contributed by atoms with Gasteiger partial charge in [0.05, 0.1) is 9.85 Å². The highest BCUT2D eigenvalue weighted by molar-refractivity contribution is 5.56. The van der Waals surface area contributed by atoms with Crippen LogP contribution in [0.25, 0.3) is 0 Å². The summed E-state index contributed by atoms with van der Waals surface area (Å²) in [6.45, 7) is 0. The SMILES string of the molecule is O=[N+]([O-])c1cc(C(c2ccc(O)cc2)c2ccccc2[N+](=O)[O-])ccc1O. The summed E-state index contributed by atoms with van der Waals surface area (Å²) in [7, 11) is 0. The smallest absolute Gasteiger partial charge is 0.310 e. The van der Waals surface area contributed by atoms with Crippen molar-refractivity contribution in [3.63, 3.8) is 0 Å². The zero-order valence-corrected chi connectivity index (χ0v) is 13.9. The van der Waals surface area contributed by atoms with Gasteiger partial charge in [-0.3, -0.25) is 20.2 Å². The molecule has 3 aromatic rings. The second-order valence-corrected chi connectivity index (χ2v) is 5.85. The number of aromatic hydroxyl groups is 2. The van der Waals surface area contributed by atoms with Crippen molar-refractivity contribution in [2.45, 2.75) is 5.92 Å². The van der Waals surface area contributed by atoms with E-state index in [9.17, 15) is 30.4 Å². The van der Waals surface area contributed by atoms with Crippen molar-refractivity contribution >= 4 is 11.4 Å². The molecule has 0 spiro atoms. The van der Waals surface area contributed by atoms with Crippen molar-refractivity contribution in [1.82, 2.24) is 0 Å². The predicted molar refractivity (Wildman–Crippen MR) is 96.9 cm³/mol. The molecule has 0 aliphatic carbocycles. The summed E-state index contributed by atoms with van der Waals surface area (Å²) in [6.07, 6.45) is 0. The fourth-order valence-electron chi connectivity index (χ4n) is 2.98. The normalized spacial score (nSPS) is 11.7. The number of phenolic OH excluding ortho intramolecular Hbond substituents is 2. The fraction of sp³-hybridized carbons (Fsp3) is 0.0526. The number of benzene rings is 3. The first-order valence-corrected chi connectivity index (χ1v) is 7.88. The molecule has 3 rings (SSSR count). The second kappa shape index (κ2) is 7.12. The fourth-order valence-corrected chi connectivity index (χ4v) is 2.98. The van der Waals surface area contributed by atoms with Crippen LogP contribution in [0.5, 0.6) is 11.5 Å². The summed E-state index contributed by atoms with van der Waals surface area (Å²) >= 11 is 0. The molecule has 3 aromatic carbocycles. The first-order valence-electron chi connectivity index (χ1n) is 7.88. The highest BCUT2D eigenvalue weighted by Gasteiger charge is 2.27. The van der Waals surface area contributed by atoms with E-state index in [1.165, 1.54) is 42.5 Å². The maximum absolute atomic E-state index is 11.5. The lowest BCUT2D eigenvalue weighted by molar-refractivity contribution is -0.386. The molecule has 0 aliphatic heterocycles. The zero-order valence-electron chi connectivity index (χ0n) is 13.9. The monoisotopic (exact) mass is 366 g/mol. The van der Waals surface area contributed by atoms with Crippen molar-refractivity contribution in [2.75, 3.05) is 0 Å². The van der Waals surface area contributed by atoms with Crippen molar-refractivity contribution in [3.8, 4) is 11.5 Å². The Labute approximate surface area is 153 Å². The summed E-state index contributed by atoms with van der Waals surface area (Å²) in [5.41, 5.74) is 0.718. The van der Waals surface area contributed by atoms with Gasteiger partial charge in [-0.05, 0) is 29.3 Å². The lowest BCUT2D eigenvalue weighted by Gasteiger charge is -2.19. The molecule has 0 radical (unpaired) electrons. The Morgan fingerprint density at radius 1 is 0.741 bits per heavy atom. The summed E-state index contributed by atoms with van der Waals surface area (Å²) < 4.78 is 0. The van der Waals surface area contributed by atoms with Crippen molar-refractivity contribution in [2.24, 2.45) is 0 Å². The molecule has 8 nitrogen and oxygen atoms in total. The van der Waals surface area contributed by atoms with Gasteiger partial charge in [-0.15, -0.1) is 0 Å². The van der Waals surface area contributed by atoms with Gasteiger partial charge in [-0.2, -0.15) is 0 Å². The molecule has 0 aliphatic rings.